The number of carboxylic acid groups (broad SMARTS) is 1. The van der Waals surface area contributed by atoms with Crippen LogP contribution in [0.2, 0.25) is 0 Å². The summed E-state index contributed by atoms with van der Waals surface area (Å²) in [4.78, 5) is 23.1. The van der Waals surface area contributed by atoms with E-state index in [1.807, 2.05) is 13.8 Å². The summed E-state index contributed by atoms with van der Waals surface area (Å²) in [6, 6.07) is 0. The monoisotopic (exact) mass is 271 g/mol. The van der Waals surface area contributed by atoms with Crippen molar-refractivity contribution in [1.82, 2.24) is 5.32 Å². The van der Waals surface area contributed by atoms with E-state index in [0.717, 1.165) is 26.1 Å². The first-order valence-corrected chi connectivity index (χ1v) is 7.12. The average molecular weight is 271 g/mol. The zero-order valence-electron chi connectivity index (χ0n) is 11.9. The van der Waals surface area contributed by atoms with Gasteiger partial charge in [-0.05, 0) is 31.6 Å². The highest BCUT2D eigenvalue weighted by Gasteiger charge is 2.35. The molecule has 19 heavy (non-hydrogen) atoms. The Bertz CT molecular complexity index is 307. The largest absolute Gasteiger partial charge is 0.481 e. The van der Waals surface area contributed by atoms with Gasteiger partial charge in [-0.1, -0.05) is 13.8 Å². The highest BCUT2D eigenvalue weighted by atomic mass is 16.5. The molecule has 0 bridgehead atoms. The van der Waals surface area contributed by atoms with Crippen molar-refractivity contribution in [3.05, 3.63) is 0 Å². The zero-order valence-corrected chi connectivity index (χ0v) is 11.9. The number of amides is 1. The van der Waals surface area contributed by atoms with Crippen LogP contribution in [0.25, 0.3) is 0 Å². The summed E-state index contributed by atoms with van der Waals surface area (Å²) in [5.74, 6) is -0.409. The number of carbonyl (C=O) groups excluding carboxylic acids is 1. The number of aliphatic carboxylic acids is 1. The third-order valence-electron chi connectivity index (χ3n) is 4.23. The molecule has 5 nitrogen and oxygen atoms in total. The second kappa shape index (κ2) is 7.48. The van der Waals surface area contributed by atoms with Gasteiger partial charge in [0.1, 0.15) is 0 Å². The Kier molecular flexibility index (Phi) is 6.28. The lowest BCUT2D eigenvalue weighted by Crippen LogP contribution is -2.42. The fourth-order valence-corrected chi connectivity index (χ4v) is 2.38. The summed E-state index contributed by atoms with van der Waals surface area (Å²) in [6.07, 6.45) is 3.35. The topological polar surface area (TPSA) is 75.6 Å². The van der Waals surface area contributed by atoms with Gasteiger partial charge in [0.05, 0.1) is 5.41 Å². The van der Waals surface area contributed by atoms with Crippen LogP contribution in [0.5, 0.6) is 0 Å². The number of carboxylic acids is 1. The van der Waals surface area contributed by atoms with Crippen LogP contribution < -0.4 is 5.32 Å². The minimum atomic E-state index is -0.831. The Labute approximate surface area is 114 Å². The van der Waals surface area contributed by atoms with Crippen molar-refractivity contribution < 1.29 is 19.4 Å². The summed E-state index contributed by atoms with van der Waals surface area (Å²) in [7, 11) is 0. The number of ether oxygens (including phenoxy) is 1. The Balaban J connectivity index is 2.32. The van der Waals surface area contributed by atoms with Crippen LogP contribution in [-0.4, -0.2) is 36.7 Å². The van der Waals surface area contributed by atoms with Crippen molar-refractivity contribution in [3.63, 3.8) is 0 Å². The standard InChI is InChI=1S/C14H25NO4/c1-3-14(4-2,13(17)18)10-15-12(16)6-5-11-7-8-19-9-11/h11H,3-10H2,1-2H3,(H,15,16)(H,17,18). The van der Waals surface area contributed by atoms with E-state index in [1.54, 1.807) is 0 Å². The molecule has 1 atom stereocenters. The maximum Gasteiger partial charge on any atom is 0.311 e. The zero-order chi connectivity index (χ0) is 14.3. The van der Waals surface area contributed by atoms with Gasteiger partial charge in [0, 0.05) is 26.2 Å². The van der Waals surface area contributed by atoms with Gasteiger partial charge in [-0.3, -0.25) is 9.59 Å². The molecule has 2 N–H and O–H groups in total. The van der Waals surface area contributed by atoms with E-state index >= 15 is 0 Å². The van der Waals surface area contributed by atoms with E-state index in [-0.39, 0.29) is 12.5 Å². The molecule has 0 aliphatic carbocycles. The SMILES string of the molecule is CCC(CC)(CNC(=O)CCC1CCOC1)C(=O)O. The van der Waals surface area contributed by atoms with E-state index in [9.17, 15) is 14.7 Å². The maximum atomic E-state index is 11.8. The Morgan fingerprint density at radius 3 is 2.53 bits per heavy atom. The maximum absolute atomic E-state index is 11.8. The first-order valence-electron chi connectivity index (χ1n) is 7.12. The summed E-state index contributed by atoms with van der Waals surface area (Å²) >= 11 is 0. The molecule has 110 valence electrons. The van der Waals surface area contributed by atoms with Crippen LogP contribution in [0.3, 0.4) is 0 Å². The molecule has 1 heterocycles. The predicted octanol–water partition coefficient (Wildman–Crippen LogP) is 1.81. The molecule has 1 saturated heterocycles. The quantitative estimate of drug-likeness (QED) is 0.706. The molecular formula is C14H25NO4. The van der Waals surface area contributed by atoms with Gasteiger partial charge < -0.3 is 15.2 Å². The molecule has 1 aliphatic heterocycles. The van der Waals surface area contributed by atoms with Crippen LogP contribution in [0.1, 0.15) is 46.0 Å². The average Bonchev–Trinajstić information content (AvgIpc) is 2.91. The fraction of sp³-hybridized carbons (Fsp3) is 0.857. The second-order valence-corrected chi connectivity index (χ2v) is 5.34. The molecule has 5 heteroatoms. The molecule has 1 amide bonds. The fourth-order valence-electron chi connectivity index (χ4n) is 2.38. The molecule has 0 spiro atoms. The minimum Gasteiger partial charge on any atom is -0.481 e. The molecule has 0 aromatic rings. The normalized spacial score (nSPS) is 19.4. The molecule has 0 aromatic heterocycles. The van der Waals surface area contributed by atoms with Gasteiger partial charge in [0.25, 0.3) is 0 Å². The van der Waals surface area contributed by atoms with Crippen LogP contribution in [0.15, 0.2) is 0 Å². The number of hydrogen-bond acceptors (Lipinski definition) is 3. The van der Waals surface area contributed by atoms with Crippen LogP contribution in [0, 0.1) is 11.3 Å². The van der Waals surface area contributed by atoms with Crippen molar-refractivity contribution in [3.8, 4) is 0 Å². The van der Waals surface area contributed by atoms with E-state index < -0.39 is 11.4 Å². The van der Waals surface area contributed by atoms with Gasteiger partial charge in [-0.25, -0.2) is 0 Å². The summed E-state index contributed by atoms with van der Waals surface area (Å²) < 4.78 is 5.26. The lowest BCUT2D eigenvalue weighted by Gasteiger charge is -2.26. The minimum absolute atomic E-state index is 0.0561. The first kappa shape index (κ1) is 16.0. The van der Waals surface area contributed by atoms with E-state index in [1.165, 1.54) is 0 Å². The smallest absolute Gasteiger partial charge is 0.311 e. The highest BCUT2D eigenvalue weighted by molar-refractivity contribution is 5.79. The first-order chi connectivity index (χ1) is 9.04. The van der Waals surface area contributed by atoms with Crippen molar-refractivity contribution in [2.75, 3.05) is 19.8 Å². The summed E-state index contributed by atoms with van der Waals surface area (Å²) in [5, 5.41) is 12.0. The summed E-state index contributed by atoms with van der Waals surface area (Å²) in [5.41, 5.74) is -0.827. The Morgan fingerprint density at radius 1 is 1.37 bits per heavy atom. The lowest BCUT2D eigenvalue weighted by atomic mass is 9.82. The number of nitrogens with one attached hydrogen (secondary N) is 1. The highest BCUT2D eigenvalue weighted by Crippen LogP contribution is 2.25. The van der Waals surface area contributed by atoms with E-state index in [4.69, 9.17) is 4.74 Å². The van der Waals surface area contributed by atoms with Crippen LogP contribution >= 0.6 is 0 Å². The van der Waals surface area contributed by atoms with E-state index in [2.05, 4.69) is 5.32 Å². The molecule has 0 aromatic carbocycles. The van der Waals surface area contributed by atoms with Crippen molar-refractivity contribution in [2.24, 2.45) is 11.3 Å². The van der Waals surface area contributed by atoms with Crippen molar-refractivity contribution >= 4 is 11.9 Å². The van der Waals surface area contributed by atoms with E-state index in [0.29, 0.717) is 25.2 Å². The third-order valence-corrected chi connectivity index (χ3v) is 4.23. The van der Waals surface area contributed by atoms with Crippen molar-refractivity contribution in [2.45, 2.75) is 46.0 Å². The second-order valence-electron chi connectivity index (χ2n) is 5.34. The number of rotatable bonds is 8. The van der Waals surface area contributed by atoms with Gasteiger partial charge in [-0.2, -0.15) is 0 Å². The molecular weight excluding hydrogens is 246 g/mol. The van der Waals surface area contributed by atoms with Crippen LogP contribution in [-0.2, 0) is 14.3 Å². The molecule has 0 radical (unpaired) electrons. The number of carbonyl (C=O) groups is 2. The van der Waals surface area contributed by atoms with Gasteiger partial charge in [0.2, 0.25) is 5.91 Å². The Hall–Kier alpha value is -1.10. The molecule has 1 rings (SSSR count). The molecule has 0 saturated carbocycles. The molecule has 1 fully saturated rings. The molecule has 1 aliphatic rings. The predicted molar refractivity (Wildman–Crippen MR) is 71.8 cm³/mol. The van der Waals surface area contributed by atoms with Gasteiger partial charge >= 0.3 is 5.97 Å². The molecule has 1 unspecified atom stereocenters. The third kappa shape index (κ3) is 4.49. The Morgan fingerprint density at radius 2 is 2.05 bits per heavy atom. The lowest BCUT2D eigenvalue weighted by molar-refractivity contribution is -0.149. The van der Waals surface area contributed by atoms with Gasteiger partial charge in [-0.15, -0.1) is 0 Å². The van der Waals surface area contributed by atoms with Crippen LogP contribution in [0.4, 0.5) is 0 Å². The van der Waals surface area contributed by atoms with Gasteiger partial charge in [0.15, 0.2) is 0 Å². The van der Waals surface area contributed by atoms with Crippen molar-refractivity contribution in [1.29, 1.82) is 0 Å². The number of hydrogen-bond donors (Lipinski definition) is 2. The summed E-state index contributed by atoms with van der Waals surface area (Å²) in [6.45, 7) is 5.45.